The molecule has 2 aromatic rings. The van der Waals surface area contributed by atoms with Crippen molar-refractivity contribution in [2.24, 2.45) is 0 Å². The largest absolute Gasteiger partial charge is 0.398 e. The molecule has 0 spiro atoms. The zero-order valence-corrected chi connectivity index (χ0v) is 11.6. The van der Waals surface area contributed by atoms with Gasteiger partial charge in [0.15, 0.2) is 0 Å². The Hall–Kier alpha value is -0.900. The molecule has 2 N–H and O–H groups in total. The summed E-state index contributed by atoms with van der Waals surface area (Å²) in [6, 6.07) is 9.64. The SMILES string of the molecule is Nc1cccc(Cl)c1SCc1cc(F)ccc1Cl. The van der Waals surface area contributed by atoms with Crippen LogP contribution >= 0.6 is 35.0 Å². The molecule has 0 saturated heterocycles. The highest BCUT2D eigenvalue weighted by Crippen LogP contribution is 2.35. The van der Waals surface area contributed by atoms with Crippen LogP contribution in [0.1, 0.15) is 5.56 Å². The first-order valence-corrected chi connectivity index (χ1v) is 6.93. The monoisotopic (exact) mass is 301 g/mol. The second kappa shape index (κ2) is 5.83. The minimum Gasteiger partial charge on any atom is -0.398 e. The first-order valence-electron chi connectivity index (χ1n) is 5.18. The third-order valence-corrected chi connectivity index (χ3v) is 4.37. The molecule has 0 aliphatic carbocycles. The maximum absolute atomic E-state index is 13.1. The van der Waals surface area contributed by atoms with Crippen molar-refractivity contribution in [1.82, 2.24) is 0 Å². The van der Waals surface area contributed by atoms with Crippen LogP contribution in [0, 0.1) is 5.82 Å². The summed E-state index contributed by atoms with van der Waals surface area (Å²) in [5, 5.41) is 1.13. The highest BCUT2D eigenvalue weighted by atomic mass is 35.5. The number of hydrogen-bond acceptors (Lipinski definition) is 2. The van der Waals surface area contributed by atoms with Crippen LogP contribution in [0.25, 0.3) is 0 Å². The van der Waals surface area contributed by atoms with Crippen molar-refractivity contribution in [1.29, 1.82) is 0 Å². The van der Waals surface area contributed by atoms with E-state index < -0.39 is 0 Å². The zero-order valence-electron chi connectivity index (χ0n) is 9.29. The van der Waals surface area contributed by atoms with Gasteiger partial charge in [0, 0.05) is 21.4 Å². The van der Waals surface area contributed by atoms with Crippen LogP contribution < -0.4 is 5.73 Å². The van der Waals surface area contributed by atoms with E-state index in [2.05, 4.69) is 0 Å². The van der Waals surface area contributed by atoms with Crippen molar-refractivity contribution in [2.75, 3.05) is 5.73 Å². The molecule has 1 nitrogen and oxygen atoms in total. The molecule has 0 saturated carbocycles. The molecular weight excluding hydrogens is 292 g/mol. The number of benzene rings is 2. The Bertz CT molecular complexity index is 555. The maximum atomic E-state index is 13.1. The summed E-state index contributed by atoms with van der Waals surface area (Å²) in [6.07, 6.45) is 0. The molecule has 0 aliphatic rings. The van der Waals surface area contributed by atoms with Gasteiger partial charge in [-0.15, -0.1) is 11.8 Å². The Balaban J connectivity index is 2.19. The second-order valence-corrected chi connectivity index (χ2v) is 5.48. The Morgan fingerprint density at radius 1 is 1.11 bits per heavy atom. The Morgan fingerprint density at radius 2 is 1.89 bits per heavy atom. The van der Waals surface area contributed by atoms with Gasteiger partial charge in [0.2, 0.25) is 0 Å². The molecule has 0 aromatic heterocycles. The van der Waals surface area contributed by atoms with Crippen LogP contribution in [-0.2, 0) is 5.75 Å². The maximum Gasteiger partial charge on any atom is 0.123 e. The summed E-state index contributed by atoms with van der Waals surface area (Å²) in [5.74, 6) is 0.215. The van der Waals surface area contributed by atoms with Crippen LogP contribution in [0.2, 0.25) is 10.0 Å². The Labute approximate surface area is 119 Å². The molecule has 0 unspecified atom stereocenters. The fraction of sp³-hybridized carbons (Fsp3) is 0.0769. The van der Waals surface area contributed by atoms with Gasteiger partial charge >= 0.3 is 0 Å². The molecule has 0 aliphatic heterocycles. The highest BCUT2D eigenvalue weighted by molar-refractivity contribution is 7.98. The van der Waals surface area contributed by atoms with Gasteiger partial charge in [-0.3, -0.25) is 0 Å². The molecule has 18 heavy (non-hydrogen) atoms. The molecule has 2 aromatic carbocycles. The Kier molecular flexibility index (Phi) is 4.38. The van der Waals surface area contributed by atoms with Gasteiger partial charge in [0.1, 0.15) is 5.82 Å². The molecule has 2 rings (SSSR count). The number of hydrogen-bond donors (Lipinski definition) is 1. The zero-order chi connectivity index (χ0) is 13.1. The van der Waals surface area contributed by atoms with Crippen LogP contribution in [-0.4, -0.2) is 0 Å². The van der Waals surface area contributed by atoms with Gasteiger partial charge in [0.25, 0.3) is 0 Å². The average molecular weight is 302 g/mol. The van der Waals surface area contributed by atoms with Crippen molar-refractivity contribution < 1.29 is 4.39 Å². The van der Waals surface area contributed by atoms with Gasteiger partial charge < -0.3 is 5.73 Å². The normalized spacial score (nSPS) is 10.6. The summed E-state index contributed by atoms with van der Waals surface area (Å²) < 4.78 is 13.1. The summed E-state index contributed by atoms with van der Waals surface area (Å²) >= 11 is 13.5. The Morgan fingerprint density at radius 3 is 2.61 bits per heavy atom. The molecular formula is C13H10Cl2FNS. The summed E-state index contributed by atoms with van der Waals surface area (Å²) in [5.41, 5.74) is 7.18. The number of halogens is 3. The smallest absolute Gasteiger partial charge is 0.123 e. The van der Waals surface area contributed by atoms with Crippen LogP contribution in [0.5, 0.6) is 0 Å². The summed E-state index contributed by atoms with van der Waals surface area (Å²) in [6.45, 7) is 0. The number of nitrogen functional groups attached to an aromatic ring is 1. The van der Waals surface area contributed by atoms with E-state index in [1.165, 1.54) is 23.9 Å². The van der Waals surface area contributed by atoms with Crippen LogP contribution in [0.4, 0.5) is 10.1 Å². The number of rotatable bonds is 3. The van der Waals surface area contributed by atoms with Gasteiger partial charge in [-0.1, -0.05) is 29.3 Å². The second-order valence-electron chi connectivity index (χ2n) is 3.68. The molecule has 0 fully saturated rings. The van der Waals surface area contributed by atoms with Crippen LogP contribution in [0.3, 0.4) is 0 Å². The molecule has 0 amide bonds. The number of thioether (sulfide) groups is 1. The van der Waals surface area contributed by atoms with E-state index in [0.717, 1.165) is 10.5 Å². The fourth-order valence-corrected chi connectivity index (χ4v) is 3.07. The molecule has 0 heterocycles. The summed E-state index contributed by atoms with van der Waals surface area (Å²) in [7, 11) is 0. The first kappa shape index (κ1) is 13.5. The lowest BCUT2D eigenvalue weighted by atomic mass is 10.2. The van der Waals surface area contributed by atoms with E-state index in [4.69, 9.17) is 28.9 Å². The topological polar surface area (TPSA) is 26.0 Å². The summed E-state index contributed by atoms with van der Waals surface area (Å²) in [4.78, 5) is 0.791. The lowest BCUT2D eigenvalue weighted by Crippen LogP contribution is -1.90. The molecule has 5 heteroatoms. The van der Waals surface area contributed by atoms with E-state index >= 15 is 0 Å². The quantitative estimate of drug-likeness (QED) is 0.637. The van der Waals surface area contributed by atoms with Crippen molar-refractivity contribution in [2.45, 2.75) is 10.6 Å². The number of anilines is 1. The van der Waals surface area contributed by atoms with E-state index in [0.29, 0.717) is 21.5 Å². The van der Waals surface area contributed by atoms with Crippen molar-refractivity contribution in [3.05, 3.63) is 57.8 Å². The molecule has 0 atom stereocenters. The highest BCUT2D eigenvalue weighted by Gasteiger charge is 2.08. The minimum atomic E-state index is -0.304. The number of nitrogens with two attached hydrogens (primary N) is 1. The molecule has 94 valence electrons. The predicted molar refractivity (Wildman–Crippen MR) is 76.8 cm³/mol. The third-order valence-electron chi connectivity index (χ3n) is 2.38. The lowest BCUT2D eigenvalue weighted by Gasteiger charge is -2.08. The van der Waals surface area contributed by atoms with Gasteiger partial charge in [-0.05, 0) is 35.9 Å². The molecule has 0 bridgehead atoms. The fourth-order valence-electron chi connectivity index (χ4n) is 1.48. The molecule has 0 radical (unpaired) electrons. The van der Waals surface area contributed by atoms with Gasteiger partial charge in [0.05, 0.1) is 5.02 Å². The predicted octanol–water partition coefficient (Wildman–Crippen LogP) is 5.01. The van der Waals surface area contributed by atoms with Crippen molar-refractivity contribution in [3.8, 4) is 0 Å². The van der Waals surface area contributed by atoms with Crippen molar-refractivity contribution >= 4 is 40.7 Å². The average Bonchev–Trinajstić information content (AvgIpc) is 2.33. The lowest BCUT2D eigenvalue weighted by molar-refractivity contribution is 0.626. The standard InChI is InChI=1S/C13H10Cl2FNS/c14-10-5-4-9(16)6-8(10)7-18-13-11(15)2-1-3-12(13)17/h1-6H,7,17H2. The van der Waals surface area contributed by atoms with E-state index in [1.807, 2.05) is 0 Å². The van der Waals surface area contributed by atoms with E-state index in [-0.39, 0.29) is 5.82 Å². The van der Waals surface area contributed by atoms with E-state index in [1.54, 1.807) is 24.3 Å². The van der Waals surface area contributed by atoms with Crippen LogP contribution in [0.15, 0.2) is 41.3 Å². The first-order chi connectivity index (χ1) is 8.58. The van der Waals surface area contributed by atoms with E-state index in [9.17, 15) is 4.39 Å². The minimum absolute atomic E-state index is 0.304. The van der Waals surface area contributed by atoms with Gasteiger partial charge in [-0.2, -0.15) is 0 Å². The third kappa shape index (κ3) is 3.10. The van der Waals surface area contributed by atoms with Gasteiger partial charge in [-0.25, -0.2) is 4.39 Å². The van der Waals surface area contributed by atoms with Crippen molar-refractivity contribution in [3.63, 3.8) is 0 Å².